The minimum atomic E-state index is -0.835. The van der Waals surface area contributed by atoms with E-state index in [1.807, 2.05) is 18.2 Å². The highest BCUT2D eigenvalue weighted by atomic mass is 79.9. The number of hydrogen-bond donors (Lipinski definition) is 1. The minimum Gasteiger partial charge on any atom is -0.490 e. The molecule has 5 heteroatoms. The maximum absolute atomic E-state index is 12.0. The van der Waals surface area contributed by atoms with Crippen molar-refractivity contribution >= 4 is 21.9 Å². The van der Waals surface area contributed by atoms with Crippen LogP contribution in [0.1, 0.15) is 72.1 Å². The molecule has 0 heterocycles. The summed E-state index contributed by atoms with van der Waals surface area (Å²) >= 11 is 3.94. The Balaban J connectivity index is 1.39. The zero-order valence-electron chi connectivity index (χ0n) is 19.6. The third kappa shape index (κ3) is 3.36. The van der Waals surface area contributed by atoms with Crippen molar-refractivity contribution in [1.29, 1.82) is 0 Å². The van der Waals surface area contributed by atoms with Crippen LogP contribution >= 0.6 is 15.9 Å². The van der Waals surface area contributed by atoms with E-state index in [0.717, 1.165) is 44.3 Å². The molecule has 0 aromatic heterocycles. The number of fused-ring (bicyclic) bond motifs is 5. The molecule has 0 saturated heterocycles. The quantitative estimate of drug-likeness (QED) is 0.411. The Morgan fingerprint density at radius 2 is 1.81 bits per heavy atom. The summed E-state index contributed by atoms with van der Waals surface area (Å²) in [6.07, 6.45) is 8.00. The van der Waals surface area contributed by atoms with Crippen molar-refractivity contribution in [2.45, 2.75) is 94.8 Å². The van der Waals surface area contributed by atoms with Crippen LogP contribution in [0.15, 0.2) is 30.3 Å². The van der Waals surface area contributed by atoms with Gasteiger partial charge in [0.2, 0.25) is 0 Å². The molecule has 9 atom stereocenters. The minimum absolute atomic E-state index is 0.0241. The Morgan fingerprint density at radius 1 is 1.06 bits per heavy atom. The molecule has 0 amide bonds. The molecule has 9 unspecified atom stereocenters. The summed E-state index contributed by atoms with van der Waals surface area (Å²) in [5.41, 5.74) is -0.802. The molecule has 4 aliphatic carbocycles. The molecule has 4 fully saturated rings. The van der Waals surface area contributed by atoms with E-state index in [0.29, 0.717) is 24.2 Å². The number of hydrogen-bond acceptors (Lipinski definition) is 4. The van der Waals surface area contributed by atoms with Crippen LogP contribution in [0.5, 0.6) is 5.75 Å². The van der Waals surface area contributed by atoms with Crippen molar-refractivity contribution in [1.82, 2.24) is 0 Å². The second kappa shape index (κ2) is 8.01. The molecule has 176 valence electrons. The van der Waals surface area contributed by atoms with E-state index >= 15 is 0 Å². The number of aliphatic hydroxyl groups is 1. The predicted molar refractivity (Wildman–Crippen MR) is 128 cm³/mol. The van der Waals surface area contributed by atoms with Crippen LogP contribution in [0.2, 0.25) is 0 Å². The fourth-order valence-corrected chi connectivity index (χ4v) is 9.48. The van der Waals surface area contributed by atoms with Gasteiger partial charge >= 0.3 is 5.97 Å². The van der Waals surface area contributed by atoms with E-state index in [4.69, 9.17) is 9.47 Å². The average Bonchev–Trinajstić information content (AvgIpc) is 3.07. The number of esters is 1. The van der Waals surface area contributed by atoms with Crippen molar-refractivity contribution in [2.24, 2.45) is 28.6 Å². The standard InChI is InChI=1S/C27H37BrO4/c1-17(29)31-19-11-14-26(3)22-12-13-25(2)21(20(22)15-23(28)27(26,30)16-19)9-10-24(25)32-18-7-5-4-6-8-18/h4-8,19-24,30H,9-16H2,1-3H3. The van der Waals surface area contributed by atoms with E-state index in [1.54, 1.807) is 0 Å². The number of carbonyl (C=O) groups excluding carboxylic acids is 1. The summed E-state index contributed by atoms with van der Waals surface area (Å²) in [5.74, 6) is 2.47. The van der Waals surface area contributed by atoms with E-state index < -0.39 is 5.60 Å². The van der Waals surface area contributed by atoms with Crippen LogP contribution in [0.4, 0.5) is 0 Å². The van der Waals surface area contributed by atoms with Crippen molar-refractivity contribution in [3.05, 3.63) is 30.3 Å². The number of ether oxygens (including phenoxy) is 2. The molecule has 0 spiro atoms. The second-order valence-electron chi connectivity index (χ2n) is 11.4. The first-order valence-corrected chi connectivity index (χ1v) is 13.3. The Hall–Kier alpha value is -1.07. The normalized spacial score (nSPS) is 47.7. The molecule has 5 rings (SSSR count). The van der Waals surface area contributed by atoms with Gasteiger partial charge in [-0.1, -0.05) is 48.0 Å². The number of para-hydroxylation sites is 1. The lowest BCUT2D eigenvalue weighted by Gasteiger charge is -2.65. The van der Waals surface area contributed by atoms with E-state index in [9.17, 15) is 9.90 Å². The highest BCUT2D eigenvalue weighted by Gasteiger charge is 2.67. The van der Waals surface area contributed by atoms with Gasteiger partial charge in [0.05, 0.1) is 5.60 Å². The first-order valence-electron chi connectivity index (χ1n) is 12.4. The topological polar surface area (TPSA) is 55.8 Å². The van der Waals surface area contributed by atoms with Gasteiger partial charge in [-0.25, -0.2) is 0 Å². The van der Waals surface area contributed by atoms with E-state index in [-0.39, 0.29) is 33.8 Å². The Bertz CT molecular complexity index is 860. The lowest BCUT2D eigenvalue weighted by molar-refractivity contribution is -0.219. The molecule has 4 nitrogen and oxygen atoms in total. The largest absolute Gasteiger partial charge is 0.490 e. The van der Waals surface area contributed by atoms with Crippen molar-refractivity contribution in [3.63, 3.8) is 0 Å². The second-order valence-corrected chi connectivity index (χ2v) is 12.5. The summed E-state index contributed by atoms with van der Waals surface area (Å²) in [5, 5.41) is 12.0. The molecule has 4 aliphatic rings. The third-order valence-corrected chi connectivity index (χ3v) is 11.2. The third-order valence-electron chi connectivity index (χ3n) is 10.0. The van der Waals surface area contributed by atoms with Gasteiger partial charge in [0.25, 0.3) is 0 Å². The molecule has 1 aromatic carbocycles. The molecule has 32 heavy (non-hydrogen) atoms. The summed E-state index contributed by atoms with van der Waals surface area (Å²) in [7, 11) is 0. The van der Waals surface area contributed by atoms with Crippen LogP contribution in [0, 0.1) is 28.6 Å². The number of benzene rings is 1. The van der Waals surface area contributed by atoms with Gasteiger partial charge in [0.15, 0.2) is 0 Å². The van der Waals surface area contributed by atoms with Gasteiger partial charge in [-0.3, -0.25) is 4.79 Å². The first kappa shape index (κ1) is 22.7. The van der Waals surface area contributed by atoms with Crippen molar-refractivity contribution in [2.75, 3.05) is 0 Å². The van der Waals surface area contributed by atoms with Crippen molar-refractivity contribution < 1.29 is 19.4 Å². The number of rotatable bonds is 3. The number of halogens is 1. The van der Waals surface area contributed by atoms with Crippen LogP contribution in [-0.2, 0) is 9.53 Å². The van der Waals surface area contributed by atoms with Gasteiger partial charge in [-0.2, -0.15) is 0 Å². The lowest BCUT2D eigenvalue weighted by Crippen LogP contribution is -2.67. The monoisotopic (exact) mass is 504 g/mol. The molecule has 4 saturated carbocycles. The fraction of sp³-hybridized carbons (Fsp3) is 0.741. The maximum atomic E-state index is 12.0. The summed E-state index contributed by atoms with van der Waals surface area (Å²) in [6.45, 7) is 6.24. The zero-order valence-corrected chi connectivity index (χ0v) is 21.1. The highest BCUT2D eigenvalue weighted by Crippen LogP contribution is 2.68. The molecule has 0 bridgehead atoms. The van der Waals surface area contributed by atoms with Crippen LogP contribution in [-0.4, -0.2) is 33.7 Å². The van der Waals surface area contributed by atoms with Crippen molar-refractivity contribution in [3.8, 4) is 5.75 Å². The number of alkyl halides is 1. The van der Waals surface area contributed by atoms with Crippen LogP contribution in [0.25, 0.3) is 0 Å². The van der Waals surface area contributed by atoms with Gasteiger partial charge in [0.1, 0.15) is 18.0 Å². The Morgan fingerprint density at radius 3 is 2.53 bits per heavy atom. The summed E-state index contributed by atoms with van der Waals surface area (Å²) in [4.78, 5) is 11.6. The molecule has 0 radical (unpaired) electrons. The average molecular weight is 505 g/mol. The molecule has 1 aromatic rings. The van der Waals surface area contributed by atoms with Crippen LogP contribution < -0.4 is 4.74 Å². The van der Waals surface area contributed by atoms with E-state index in [1.165, 1.54) is 13.3 Å². The molecular formula is C27H37BrO4. The van der Waals surface area contributed by atoms with E-state index in [2.05, 4.69) is 41.9 Å². The molecule has 0 aliphatic heterocycles. The number of carbonyl (C=O) groups is 1. The molecular weight excluding hydrogens is 468 g/mol. The fourth-order valence-electron chi connectivity index (χ4n) is 8.34. The zero-order chi connectivity index (χ0) is 22.7. The molecule has 1 N–H and O–H groups in total. The van der Waals surface area contributed by atoms with Crippen LogP contribution in [0.3, 0.4) is 0 Å². The van der Waals surface area contributed by atoms with Gasteiger partial charge in [-0.05, 0) is 74.8 Å². The SMILES string of the molecule is CC(=O)OC1CCC2(C)C3CCC4(C)C(Oc5ccccc5)CCC4C3CC(Br)C2(O)C1. The highest BCUT2D eigenvalue weighted by molar-refractivity contribution is 9.09. The first-order chi connectivity index (χ1) is 15.2. The van der Waals surface area contributed by atoms with Gasteiger partial charge in [0, 0.05) is 29.0 Å². The Kier molecular flexibility index (Phi) is 5.68. The smallest absolute Gasteiger partial charge is 0.302 e. The van der Waals surface area contributed by atoms with Gasteiger partial charge in [-0.15, -0.1) is 0 Å². The van der Waals surface area contributed by atoms with Gasteiger partial charge < -0.3 is 14.6 Å². The summed E-state index contributed by atoms with van der Waals surface area (Å²) < 4.78 is 12.1. The predicted octanol–water partition coefficient (Wildman–Crippen LogP) is 5.90. The lowest BCUT2D eigenvalue weighted by atomic mass is 9.43. The summed E-state index contributed by atoms with van der Waals surface area (Å²) in [6, 6.07) is 10.3. The maximum Gasteiger partial charge on any atom is 0.302 e. The Labute approximate surface area is 200 Å².